The SMILES string of the molecule is Cc1cnc(NC(=O)Cn2ncc(Cl)c(Cl)c2=O)cc1S(=O)(=O)N(C)C. The number of hydrogen-bond acceptors (Lipinski definition) is 6. The van der Waals surface area contributed by atoms with E-state index in [1.807, 2.05) is 0 Å². The lowest BCUT2D eigenvalue weighted by molar-refractivity contribution is -0.117. The predicted molar refractivity (Wildman–Crippen MR) is 97.0 cm³/mol. The van der Waals surface area contributed by atoms with Gasteiger partial charge in [0, 0.05) is 26.4 Å². The quantitative estimate of drug-likeness (QED) is 0.776. The molecule has 0 aromatic carbocycles. The van der Waals surface area contributed by atoms with Gasteiger partial charge >= 0.3 is 0 Å². The highest BCUT2D eigenvalue weighted by Crippen LogP contribution is 2.20. The van der Waals surface area contributed by atoms with Gasteiger partial charge in [0.1, 0.15) is 17.4 Å². The van der Waals surface area contributed by atoms with Crippen LogP contribution in [-0.2, 0) is 21.4 Å². The molecule has 2 aromatic rings. The van der Waals surface area contributed by atoms with Crippen LogP contribution in [0.1, 0.15) is 5.56 Å². The molecular weight excluding hydrogens is 405 g/mol. The molecule has 0 fully saturated rings. The fraction of sp³-hybridized carbons (Fsp3) is 0.286. The highest BCUT2D eigenvalue weighted by atomic mass is 35.5. The van der Waals surface area contributed by atoms with Gasteiger partial charge in [-0.3, -0.25) is 9.59 Å². The van der Waals surface area contributed by atoms with Gasteiger partial charge in [-0.15, -0.1) is 0 Å². The van der Waals surface area contributed by atoms with Gasteiger partial charge in [0.05, 0.1) is 16.1 Å². The van der Waals surface area contributed by atoms with Crippen molar-refractivity contribution in [2.45, 2.75) is 18.4 Å². The van der Waals surface area contributed by atoms with E-state index in [-0.39, 0.29) is 20.8 Å². The fourth-order valence-corrected chi connectivity index (χ4v) is 3.31. The molecule has 0 aliphatic carbocycles. The highest BCUT2D eigenvalue weighted by molar-refractivity contribution is 7.89. The molecule has 2 rings (SSSR count). The molecule has 12 heteroatoms. The molecule has 0 radical (unpaired) electrons. The number of rotatable bonds is 5. The molecule has 0 saturated carbocycles. The van der Waals surface area contributed by atoms with Crippen molar-refractivity contribution in [3.8, 4) is 0 Å². The third-order valence-corrected chi connectivity index (χ3v) is 6.02. The number of carbonyl (C=O) groups is 1. The Balaban J connectivity index is 2.26. The number of sulfonamides is 1. The van der Waals surface area contributed by atoms with Gasteiger partial charge in [-0.25, -0.2) is 22.4 Å². The maximum absolute atomic E-state index is 12.3. The van der Waals surface area contributed by atoms with Gasteiger partial charge in [-0.05, 0) is 12.5 Å². The minimum absolute atomic E-state index is 0.0117. The summed E-state index contributed by atoms with van der Waals surface area (Å²) >= 11 is 11.4. The summed E-state index contributed by atoms with van der Waals surface area (Å²) in [7, 11) is -0.902. The number of nitrogens with zero attached hydrogens (tertiary/aromatic N) is 4. The Kier molecular flexibility index (Phi) is 6.02. The van der Waals surface area contributed by atoms with Gasteiger partial charge < -0.3 is 5.32 Å². The molecule has 0 aliphatic heterocycles. The largest absolute Gasteiger partial charge is 0.309 e. The van der Waals surface area contributed by atoms with E-state index in [0.717, 1.165) is 15.2 Å². The Morgan fingerprint density at radius 1 is 1.31 bits per heavy atom. The second-order valence-corrected chi connectivity index (χ2v) is 8.35. The summed E-state index contributed by atoms with van der Waals surface area (Å²) in [4.78, 5) is 28.0. The van der Waals surface area contributed by atoms with Crippen LogP contribution in [0.3, 0.4) is 0 Å². The molecule has 26 heavy (non-hydrogen) atoms. The smallest absolute Gasteiger partial charge is 0.287 e. The van der Waals surface area contributed by atoms with Crippen LogP contribution in [0.2, 0.25) is 10.0 Å². The summed E-state index contributed by atoms with van der Waals surface area (Å²) in [5.41, 5.74) is -0.291. The summed E-state index contributed by atoms with van der Waals surface area (Å²) in [6, 6.07) is 1.24. The summed E-state index contributed by atoms with van der Waals surface area (Å²) < 4.78 is 26.5. The standard InChI is InChI=1S/C14H15Cl2N5O4S/c1-8-5-17-11(4-10(8)26(24,25)20(2)3)19-12(22)7-21-14(23)13(16)9(15)6-18-21/h4-6H,7H2,1-3H3,(H,17,19,22). The first-order valence-electron chi connectivity index (χ1n) is 7.14. The first-order chi connectivity index (χ1) is 12.0. The Morgan fingerprint density at radius 2 is 1.96 bits per heavy atom. The zero-order chi connectivity index (χ0) is 19.6. The second-order valence-electron chi connectivity index (χ2n) is 5.44. The van der Waals surface area contributed by atoms with Crippen molar-refractivity contribution in [3.05, 3.63) is 44.4 Å². The highest BCUT2D eigenvalue weighted by Gasteiger charge is 2.21. The Bertz CT molecular complexity index is 1020. The van der Waals surface area contributed by atoms with Gasteiger partial charge in [-0.2, -0.15) is 5.10 Å². The second kappa shape index (κ2) is 7.70. The third kappa shape index (κ3) is 4.21. The molecule has 0 aliphatic rings. The van der Waals surface area contributed by atoms with E-state index in [1.54, 1.807) is 6.92 Å². The van der Waals surface area contributed by atoms with Crippen LogP contribution >= 0.6 is 23.2 Å². The molecule has 0 bridgehead atoms. The van der Waals surface area contributed by atoms with Crippen LogP contribution in [-0.4, -0.2) is 47.5 Å². The molecule has 0 spiro atoms. The van der Waals surface area contributed by atoms with E-state index < -0.39 is 28.0 Å². The van der Waals surface area contributed by atoms with Crippen molar-refractivity contribution in [1.29, 1.82) is 0 Å². The van der Waals surface area contributed by atoms with Crippen LogP contribution in [0.4, 0.5) is 5.82 Å². The minimum Gasteiger partial charge on any atom is -0.309 e. The number of aromatic nitrogens is 3. The van der Waals surface area contributed by atoms with Crippen molar-refractivity contribution in [2.24, 2.45) is 0 Å². The molecule has 2 aromatic heterocycles. The van der Waals surface area contributed by atoms with Crippen LogP contribution < -0.4 is 10.9 Å². The molecule has 1 N–H and O–H groups in total. The molecule has 9 nitrogen and oxygen atoms in total. The first kappa shape index (κ1) is 20.3. The summed E-state index contributed by atoms with van der Waals surface area (Å²) in [5, 5.41) is 5.87. The van der Waals surface area contributed by atoms with Crippen molar-refractivity contribution in [2.75, 3.05) is 19.4 Å². The van der Waals surface area contributed by atoms with Crippen LogP contribution in [0.15, 0.2) is 28.2 Å². The van der Waals surface area contributed by atoms with E-state index in [1.165, 1.54) is 26.4 Å². The lowest BCUT2D eigenvalue weighted by Crippen LogP contribution is -2.30. The van der Waals surface area contributed by atoms with Crippen LogP contribution in [0.5, 0.6) is 0 Å². The number of nitrogens with one attached hydrogen (secondary N) is 1. The molecule has 0 atom stereocenters. The monoisotopic (exact) mass is 419 g/mol. The van der Waals surface area contributed by atoms with Crippen molar-refractivity contribution in [1.82, 2.24) is 19.1 Å². The first-order valence-corrected chi connectivity index (χ1v) is 9.33. The van der Waals surface area contributed by atoms with E-state index >= 15 is 0 Å². The van der Waals surface area contributed by atoms with Gasteiger partial charge in [-0.1, -0.05) is 23.2 Å². The summed E-state index contributed by atoms with van der Waals surface area (Å²) in [6.07, 6.45) is 2.47. The number of pyridine rings is 1. The fourth-order valence-electron chi connectivity index (χ4n) is 1.92. The van der Waals surface area contributed by atoms with E-state index in [2.05, 4.69) is 15.4 Å². The van der Waals surface area contributed by atoms with E-state index in [9.17, 15) is 18.0 Å². The van der Waals surface area contributed by atoms with Crippen molar-refractivity contribution < 1.29 is 13.2 Å². The molecule has 0 saturated heterocycles. The number of anilines is 1. The maximum Gasteiger partial charge on any atom is 0.287 e. The zero-order valence-electron chi connectivity index (χ0n) is 14.0. The molecule has 140 valence electrons. The average molecular weight is 420 g/mol. The zero-order valence-corrected chi connectivity index (χ0v) is 16.4. The van der Waals surface area contributed by atoms with Crippen molar-refractivity contribution in [3.63, 3.8) is 0 Å². The minimum atomic E-state index is -3.70. The van der Waals surface area contributed by atoms with E-state index in [4.69, 9.17) is 23.2 Å². The molecule has 1 amide bonds. The molecule has 2 heterocycles. The third-order valence-electron chi connectivity index (χ3n) is 3.32. The lowest BCUT2D eigenvalue weighted by atomic mass is 10.3. The maximum atomic E-state index is 12.3. The lowest BCUT2D eigenvalue weighted by Gasteiger charge is -2.14. The Labute approximate surface area is 159 Å². The van der Waals surface area contributed by atoms with Gasteiger partial charge in [0.2, 0.25) is 15.9 Å². The number of halogens is 2. The number of carbonyl (C=O) groups excluding carboxylic acids is 1. The summed E-state index contributed by atoms with van der Waals surface area (Å²) in [6.45, 7) is 1.15. The Hall–Kier alpha value is -2.01. The van der Waals surface area contributed by atoms with Crippen LogP contribution in [0.25, 0.3) is 0 Å². The number of amides is 1. The topological polar surface area (TPSA) is 114 Å². The molecule has 0 unspecified atom stereocenters. The predicted octanol–water partition coefficient (Wildman–Crippen LogP) is 1.14. The Morgan fingerprint density at radius 3 is 2.58 bits per heavy atom. The van der Waals surface area contributed by atoms with E-state index in [0.29, 0.717) is 5.56 Å². The van der Waals surface area contributed by atoms with Crippen LogP contribution in [0, 0.1) is 6.92 Å². The number of aryl methyl sites for hydroxylation is 1. The summed E-state index contributed by atoms with van der Waals surface area (Å²) in [5.74, 6) is -0.614. The normalized spacial score (nSPS) is 11.6. The number of hydrogen-bond donors (Lipinski definition) is 1. The van der Waals surface area contributed by atoms with Gasteiger partial charge in [0.25, 0.3) is 5.56 Å². The average Bonchev–Trinajstić information content (AvgIpc) is 2.57. The molecular formula is C14H15Cl2N5O4S. The van der Waals surface area contributed by atoms with Crippen molar-refractivity contribution >= 4 is 45.0 Å². The van der Waals surface area contributed by atoms with Gasteiger partial charge in [0.15, 0.2) is 0 Å².